The van der Waals surface area contributed by atoms with Crippen molar-refractivity contribution in [1.82, 2.24) is 0 Å². The average Bonchev–Trinajstić information content (AvgIpc) is 2.03. The fourth-order valence-corrected chi connectivity index (χ4v) is 0.821. The predicted molar refractivity (Wildman–Crippen MR) is 44.8 cm³/mol. The molecular formula is C8H11NO4. The van der Waals surface area contributed by atoms with E-state index in [1.807, 2.05) is 0 Å². The van der Waals surface area contributed by atoms with Crippen LogP contribution in [0.25, 0.3) is 0 Å². The standard InChI is InChI=1S/C8H11NO4/c1-2-3-5(7(10)11)4-6(9)8(12)13/h1,5-6H,3-4,9H2,(H,10,11)(H,12,13)/t5-,6-/m0/s1. The molecule has 0 rings (SSSR count). The van der Waals surface area contributed by atoms with Crippen LogP contribution in [0, 0.1) is 18.3 Å². The molecule has 0 aromatic heterocycles. The first-order chi connectivity index (χ1) is 5.99. The van der Waals surface area contributed by atoms with Crippen molar-refractivity contribution in [2.75, 3.05) is 0 Å². The molecular weight excluding hydrogens is 174 g/mol. The van der Waals surface area contributed by atoms with E-state index in [4.69, 9.17) is 22.4 Å². The molecule has 0 saturated carbocycles. The Bertz CT molecular complexity index is 243. The van der Waals surface area contributed by atoms with Crippen molar-refractivity contribution in [3.05, 3.63) is 0 Å². The van der Waals surface area contributed by atoms with E-state index in [9.17, 15) is 9.59 Å². The number of nitrogens with two attached hydrogens (primary N) is 1. The minimum Gasteiger partial charge on any atom is -0.481 e. The van der Waals surface area contributed by atoms with Crippen LogP contribution in [0.2, 0.25) is 0 Å². The Morgan fingerprint density at radius 2 is 1.92 bits per heavy atom. The van der Waals surface area contributed by atoms with Gasteiger partial charge in [0.05, 0.1) is 5.92 Å². The van der Waals surface area contributed by atoms with Gasteiger partial charge < -0.3 is 15.9 Å². The van der Waals surface area contributed by atoms with E-state index >= 15 is 0 Å². The molecule has 0 bridgehead atoms. The summed E-state index contributed by atoms with van der Waals surface area (Å²) >= 11 is 0. The van der Waals surface area contributed by atoms with Crippen molar-refractivity contribution in [1.29, 1.82) is 0 Å². The van der Waals surface area contributed by atoms with Crippen molar-refractivity contribution in [2.45, 2.75) is 18.9 Å². The summed E-state index contributed by atoms with van der Waals surface area (Å²) < 4.78 is 0. The Hall–Kier alpha value is -1.54. The van der Waals surface area contributed by atoms with Crippen molar-refractivity contribution < 1.29 is 19.8 Å². The monoisotopic (exact) mass is 185 g/mol. The van der Waals surface area contributed by atoms with Gasteiger partial charge in [0.2, 0.25) is 0 Å². The molecule has 0 aliphatic heterocycles. The Morgan fingerprint density at radius 3 is 2.23 bits per heavy atom. The lowest BCUT2D eigenvalue weighted by Gasteiger charge is -2.11. The molecule has 0 radical (unpaired) electrons. The second-order valence-electron chi connectivity index (χ2n) is 2.62. The molecule has 0 aliphatic carbocycles. The summed E-state index contributed by atoms with van der Waals surface area (Å²) in [5, 5.41) is 17.0. The van der Waals surface area contributed by atoms with Gasteiger partial charge in [-0.2, -0.15) is 0 Å². The van der Waals surface area contributed by atoms with Gasteiger partial charge in [0, 0.05) is 6.42 Å². The predicted octanol–water partition coefficient (Wildman–Crippen LogP) is -0.487. The molecule has 0 aromatic carbocycles. The third kappa shape index (κ3) is 4.13. The molecule has 5 heteroatoms. The zero-order valence-electron chi connectivity index (χ0n) is 6.93. The van der Waals surface area contributed by atoms with E-state index in [0.717, 1.165) is 0 Å². The number of aliphatic carboxylic acids is 2. The van der Waals surface area contributed by atoms with Crippen LogP contribution in [0.1, 0.15) is 12.8 Å². The molecule has 2 atom stereocenters. The highest BCUT2D eigenvalue weighted by atomic mass is 16.4. The fraction of sp³-hybridized carbons (Fsp3) is 0.500. The normalized spacial score (nSPS) is 14.2. The first-order valence-electron chi connectivity index (χ1n) is 3.63. The van der Waals surface area contributed by atoms with Gasteiger partial charge in [0.15, 0.2) is 0 Å². The summed E-state index contributed by atoms with van der Waals surface area (Å²) in [5.41, 5.74) is 5.15. The van der Waals surface area contributed by atoms with Crippen LogP contribution in [-0.4, -0.2) is 28.2 Å². The molecule has 0 saturated heterocycles. The fourth-order valence-electron chi connectivity index (χ4n) is 0.821. The number of hydrogen-bond acceptors (Lipinski definition) is 3. The Labute approximate surface area is 75.5 Å². The highest BCUT2D eigenvalue weighted by Gasteiger charge is 2.23. The molecule has 0 aliphatic rings. The van der Waals surface area contributed by atoms with Gasteiger partial charge >= 0.3 is 11.9 Å². The quantitative estimate of drug-likeness (QED) is 0.502. The first-order valence-corrected chi connectivity index (χ1v) is 3.63. The van der Waals surface area contributed by atoms with E-state index in [1.54, 1.807) is 0 Å². The number of hydrogen-bond donors (Lipinski definition) is 3. The van der Waals surface area contributed by atoms with Gasteiger partial charge in [-0.15, -0.1) is 12.3 Å². The molecule has 0 aromatic rings. The lowest BCUT2D eigenvalue weighted by molar-refractivity contribution is -0.143. The minimum atomic E-state index is -1.22. The summed E-state index contributed by atoms with van der Waals surface area (Å²) in [5.74, 6) is -1.05. The van der Waals surface area contributed by atoms with Gasteiger partial charge in [-0.25, -0.2) is 0 Å². The van der Waals surface area contributed by atoms with Crippen LogP contribution in [-0.2, 0) is 9.59 Å². The first kappa shape index (κ1) is 11.5. The van der Waals surface area contributed by atoms with E-state index in [0.29, 0.717) is 0 Å². The maximum absolute atomic E-state index is 10.5. The van der Waals surface area contributed by atoms with Crippen LogP contribution in [0.4, 0.5) is 0 Å². The molecule has 5 nitrogen and oxygen atoms in total. The number of terminal acetylenes is 1. The summed E-state index contributed by atoms with van der Waals surface area (Å²) in [6.07, 6.45) is 4.77. The average molecular weight is 185 g/mol. The Balaban J connectivity index is 4.19. The third-order valence-corrected chi connectivity index (χ3v) is 1.57. The van der Waals surface area contributed by atoms with Crippen molar-refractivity contribution in [2.24, 2.45) is 11.7 Å². The second kappa shape index (κ2) is 5.17. The number of rotatable bonds is 5. The zero-order valence-corrected chi connectivity index (χ0v) is 6.93. The van der Waals surface area contributed by atoms with Crippen molar-refractivity contribution >= 4 is 11.9 Å². The van der Waals surface area contributed by atoms with E-state index in [-0.39, 0.29) is 12.8 Å². The smallest absolute Gasteiger partial charge is 0.320 e. The van der Waals surface area contributed by atoms with Gasteiger partial charge in [-0.05, 0) is 6.42 Å². The summed E-state index contributed by atoms with van der Waals surface area (Å²) in [4.78, 5) is 20.8. The summed E-state index contributed by atoms with van der Waals surface area (Å²) in [6.45, 7) is 0. The second-order valence-corrected chi connectivity index (χ2v) is 2.62. The molecule has 0 fully saturated rings. The van der Waals surface area contributed by atoms with Crippen LogP contribution >= 0.6 is 0 Å². The lowest BCUT2D eigenvalue weighted by Crippen LogP contribution is -2.34. The Morgan fingerprint density at radius 1 is 1.38 bits per heavy atom. The highest BCUT2D eigenvalue weighted by Crippen LogP contribution is 2.10. The maximum atomic E-state index is 10.5. The summed E-state index contributed by atoms with van der Waals surface area (Å²) in [6, 6.07) is -1.17. The van der Waals surface area contributed by atoms with Crippen LogP contribution in [0.5, 0.6) is 0 Å². The van der Waals surface area contributed by atoms with Crippen molar-refractivity contribution in [3.8, 4) is 12.3 Å². The topological polar surface area (TPSA) is 101 Å². The third-order valence-electron chi connectivity index (χ3n) is 1.57. The van der Waals surface area contributed by atoms with Crippen LogP contribution in [0.3, 0.4) is 0 Å². The lowest BCUT2D eigenvalue weighted by atomic mass is 9.97. The maximum Gasteiger partial charge on any atom is 0.320 e. The van der Waals surface area contributed by atoms with Crippen molar-refractivity contribution in [3.63, 3.8) is 0 Å². The van der Waals surface area contributed by atoms with E-state index in [2.05, 4.69) is 5.92 Å². The molecule has 72 valence electrons. The van der Waals surface area contributed by atoms with E-state index < -0.39 is 23.9 Å². The molecule has 0 heterocycles. The van der Waals surface area contributed by atoms with Crippen LogP contribution < -0.4 is 5.73 Å². The molecule has 0 amide bonds. The van der Waals surface area contributed by atoms with Gasteiger partial charge in [-0.3, -0.25) is 9.59 Å². The number of carbonyl (C=O) groups is 2. The van der Waals surface area contributed by atoms with Gasteiger partial charge in [-0.1, -0.05) is 0 Å². The van der Waals surface area contributed by atoms with E-state index in [1.165, 1.54) is 0 Å². The number of carboxylic acid groups (broad SMARTS) is 2. The minimum absolute atomic E-state index is 0.00366. The van der Waals surface area contributed by atoms with Gasteiger partial charge in [0.25, 0.3) is 0 Å². The zero-order chi connectivity index (χ0) is 10.4. The summed E-state index contributed by atoms with van der Waals surface area (Å²) in [7, 11) is 0. The SMILES string of the molecule is C#CC[C@@H](C[C@H](N)C(=O)O)C(=O)O. The molecule has 0 unspecified atom stereocenters. The largest absolute Gasteiger partial charge is 0.481 e. The highest BCUT2D eigenvalue weighted by molar-refractivity contribution is 5.75. The van der Waals surface area contributed by atoms with Gasteiger partial charge in [0.1, 0.15) is 6.04 Å². The molecule has 4 N–H and O–H groups in total. The molecule has 0 spiro atoms. The Kier molecular flexibility index (Phi) is 4.55. The van der Waals surface area contributed by atoms with Crippen LogP contribution in [0.15, 0.2) is 0 Å². The number of carboxylic acids is 2. The molecule has 13 heavy (non-hydrogen) atoms.